The van der Waals surface area contributed by atoms with E-state index in [4.69, 9.17) is 11.6 Å². The zero-order valence-corrected chi connectivity index (χ0v) is 15.0. The number of benzene rings is 2. The third kappa shape index (κ3) is 4.29. The van der Waals surface area contributed by atoms with Crippen LogP contribution < -0.4 is 10.0 Å². The fraction of sp³-hybridized carbons (Fsp3) is 0.0556. The molecule has 0 saturated carbocycles. The fourth-order valence-electron chi connectivity index (χ4n) is 2.16. The molecule has 0 aliphatic rings. The van der Waals surface area contributed by atoms with Crippen molar-refractivity contribution in [3.8, 4) is 0 Å². The molecule has 1 aromatic heterocycles. The summed E-state index contributed by atoms with van der Waals surface area (Å²) in [4.78, 5) is 4.33. The molecule has 128 valence electrons. The highest BCUT2D eigenvalue weighted by Gasteiger charge is 2.14. The molecule has 7 heteroatoms. The number of hydrogen-bond donors (Lipinski definition) is 2. The summed E-state index contributed by atoms with van der Waals surface area (Å²) in [5, 5.41) is 3.72. The highest BCUT2D eigenvalue weighted by Crippen LogP contribution is 2.25. The summed E-state index contributed by atoms with van der Waals surface area (Å²) < 4.78 is 27.2. The second-order valence-corrected chi connectivity index (χ2v) is 7.55. The van der Waals surface area contributed by atoms with Gasteiger partial charge in [-0.05, 0) is 43.3 Å². The standard InChI is InChI=1S/C18H16ClN3O2S/c1-13-6-9-15(10-7-13)25(23,24)22-18-11-8-14(12-20-18)21-17-5-3-2-4-16(17)19/h2-12,21H,1H3,(H,20,22). The minimum Gasteiger partial charge on any atom is -0.353 e. The Morgan fingerprint density at radius 2 is 1.68 bits per heavy atom. The SMILES string of the molecule is Cc1ccc(S(=O)(=O)Nc2ccc(Nc3ccccc3Cl)cn2)cc1. The van der Waals surface area contributed by atoms with Gasteiger partial charge < -0.3 is 5.32 Å². The Kier molecular flexibility index (Phi) is 4.92. The van der Waals surface area contributed by atoms with Crippen LogP contribution in [-0.4, -0.2) is 13.4 Å². The molecule has 0 aliphatic heterocycles. The summed E-state index contributed by atoms with van der Waals surface area (Å²) in [6, 6.07) is 17.3. The van der Waals surface area contributed by atoms with Crippen LogP contribution in [0.2, 0.25) is 5.02 Å². The number of pyridine rings is 1. The lowest BCUT2D eigenvalue weighted by molar-refractivity contribution is 0.601. The van der Waals surface area contributed by atoms with Gasteiger partial charge in [-0.15, -0.1) is 0 Å². The van der Waals surface area contributed by atoms with Crippen molar-refractivity contribution in [1.29, 1.82) is 0 Å². The zero-order valence-electron chi connectivity index (χ0n) is 13.4. The van der Waals surface area contributed by atoms with Crippen molar-refractivity contribution in [1.82, 2.24) is 4.98 Å². The number of anilines is 3. The number of halogens is 1. The molecule has 0 aliphatic carbocycles. The van der Waals surface area contributed by atoms with Gasteiger partial charge in [0.15, 0.2) is 0 Å². The van der Waals surface area contributed by atoms with Crippen molar-refractivity contribution >= 4 is 38.8 Å². The highest BCUT2D eigenvalue weighted by atomic mass is 35.5. The van der Waals surface area contributed by atoms with E-state index in [9.17, 15) is 8.42 Å². The van der Waals surface area contributed by atoms with Crippen LogP contribution in [0.25, 0.3) is 0 Å². The van der Waals surface area contributed by atoms with Gasteiger partial charge in [-0.2, -0.15) is 0 Å². The Morgan fingerprint density at radius 3 is 2.32 bits per heavy atom. The van der Waals surface area contributed by atoms with Crippen LogP contribution in [0.5, 0.6) is 0 Å². The smallest absolute Gasteiger partial charge is 0.263 e. The number of aryl methyl sites for hydroxylation is 1. The maximum absolute atomic E-state index is 12.3. The first-order chi connectivity index (χ1) is 11.9. The first kappa shape index (κ1) is 17.3. The van der Waals surface area contributed by atoms with Crippen molar-refractivity contribution in [2.75, 3.05) is 10.0 Å². The summed E-state index contributed by atoms with van der Waals surface area (Å²) >= 11 is 6.10. The van der Waals surface area contributed by atoms with E-state index in [1.807, 2.05) is 25.1 Å². The molecule has 25 heavy (non-hydrogen) atoms. The first-order valence-corrected chi connectivity index (χ1v) is 9.37. The molecule has 0 unspecified atom stereocenters. The predicted octanol–water partition coefficient (Wildman–Crippen LogP) is 4.59. The van der Waals surface area contributed by atoms with Crippen LogP contribution in [0.4, 0.5) is 17.2 Å². The van der Waals surface area contributed by atoms with E-state index in [-0.39, 0.29) is 10.7 Å². The van der Waals surface area contributed by atoms with E-state index >= 15 is 0 Å². The Hall–Kier alpha value is -2.57. The van der Waals surface area contributed by atoms with E-state index in [1.165, 1.54) is 6.20 Å². The lowest BCUT2D eigenvalue weighted by atomic mass is 10.2. The molecule has 2 N–H and O–H groups in total. The number of sulfonamides is 1. The van der Waals surface area contributed by atoms with Crippen LogP contribution in [0, 0.1) is 6.92 Å². The molecule has 3 rings (SSSR count). The first-order valence-electron chi connectivity index (χ1n) is 7.51. The Bertz CT molecular complexity index is 972. The van der Waals surface area contributed by atoms with Gasteiger partial charge in [0.05, 0.1) is 27.5 Å². The van der Waals surface area contributed by atoms with E-state index in [0.29, 0.717) is 10.7 Å². The summed E-state index contributed by atoms with van der Waals surface area (Å²) in [7, 11) is -3.66. The second kappa shape index (κ2) is 7.13. The van der Waals surface area contributed by atoms with Crippen molar-refractivity contribution in [2.24, 2.45) is 0 Å². The van der Waals surface area contributed by atoms with Crippen LogP contribution in [0.15, 0.2) is 71.8 Å². The Labute approximate surface area is 151 Å². The second-order valence-electron chi connectivity index (χ2n) is 5.46. The molecule has 2 aromatic carbocycles. The van der Waals surface area contributed by atoms with Gasteiger partial charge >= 0.3 is 0 Å². The minimum atomic E-state index is -3.66. The molecule has 3 aromatic rings. The van der Waals surface area contributed by atoms with Gasteiger partial charge in [0.25, 0.3) is 10.0 Å². The quantitative estimate of drug-likeness (QED) is 0.686. The summed E-state index contributed by atoms with van der Waals surface area (Å²) in [5.74, 6) is 0.241. The molecule has 0 saturated heterocycles. The largest absolute Gasteiger partial charge is 0.353 e. The topological polar surface area (TPSA) is 71.1 Å². The maximum Gasteiger partial charge on any atom is 0.263 e. The lowest BCUT2D eigenvalue weighted by Gasteiger charge is -2.10. The average molecular weight is 374 g/mol. The molecule has 0 radical (unpaired) electrons. The Morgan fingerprint density at radius 1 is 0.960 bits per heavy atom. The molecule has 5 nitrogen and oxygen atoms in total. The molecule has 0 spiro atoms. The van der Waals surface area contributed by atoms with Crippen molar-refractivity contribution in [3.05, 3.63) is 77.4 Å². The van der Waals surface area contributed by atoms with Gasteiger partial charge in [-0.25, -0.2) is 13.4 Å². The number of para-hydroxylation sites is 1. The van der Waals surface area contributed by atoms with Crippen LogP contribution in [-0.2, 0) is 10.0 Å². The third-order valence-corrected chi connectivity index (χ3v) is 5.19. The van der Waals surface area contributed by atoms with Crippen molar-refractivity contribution in [2.45, 2.75) is 11.8 Å². The third-order valence-electron chi connectivity index (χ3n) is 3.49. The maximum atomic E-state index is 12.3. The summed E-state index contributed by atoms with van der Waals surface area (Å²) in [6.45, 7) is 1.90. The number of rotatable bonds is 5. The van der Waals surface area contributed by atoms with Crippen LogP contribution in [0.1, 0.15) is 5.56 Å². The van der Waals surface area contributed by atoms with Gasteiger partial charge in [-0.1, -0.05) is 41.4 Å². The molecular formula is C18H16ClN3O2S. The van der Waals surface area contributed by atoms with Gasteiger partial charge in [-0.3, -0.25) is 4.72 Å². The normalized spacial score (nSPS) is 11.1. The molecule has 0 amide bonds. The predicted molar refractivity (Wildman–Crippen MR) is 101 cm³/mol. The van der Waals surface area contributed by atoms with Crippen LogP contribution in [0.3, 0.4) is 0 Å². The Balaban J connectivity index is 1.74. The van der Waals surface area contributed by atoms with Gasteiger partial charge in [0.2, 0.25) is 0 Å². The number of nitrogens with one attached hydrogen (secondary N) is 2. The van der Waals surface area contributed by atoms with Gasteiger partial charge in [0.1, 0.15) is 5.82 Å². The van der Waals surface area contributed by atoms with E-state index in [2.05, 4.69) is 15.0 Å². The minimum absolute atomic E-state index is 0.193. The monoisotopic (exact) mass is 373 g/mol. The van der Waals surface area contributed by atoms with Gasteiger partial charge in [0, 0.05) is 0 Å². The van der Waals surface area contributed by atoms with Crippen molar-refractivity contribution in [3.63, 3.8) is 0 Å². The lowest BCUT2D eigenvalue weighted by Crippen LogP contribution is -2.13. The molecule has 0 fully saturated rings. The van der Waals surface area contributed by atoms with Crippen LogP contribution >= 0.6 is 11.6 Å². The average Bonchev–Trinajstić information content (AvgIpc) is 2.59. The van der Waals surface area contributed by atoms with E-state index in [1.54, 1.807) is 42.5 Å². The van der Waals surface area contributed by atoms with Crippen molar-refractivity contribution < 1.29 is 8.42 Å². The zero-order chi connectivity index (χ0) is 17.9. The van der Waals surface area contributed by atoms with E-state index < -0.39 is 10.0 Å². The summed E-state index contributed by atoms with van der Waals surface area (Å²) in [6.07, 6.45) is 1.54. The molecular weight excluding hydrogens is 358 g/mol. The molecule has 0 atom stereocenters. The molecule has 1 heterocycles. The highest BCUT2D eigenvalue weighted by molar-refractivity contribution is 7.92. The van der Waals surface area contributed by atoms with E-state index in [0.717, 1.165) is 11.3 Å². The fourth-order valence-corrected chi connectivity index (χ4v) is 3.35. The number of aromatic nitrogens is 1. The number of nitrogens with zero attached hydrogens (tertiary/aromatic N) is 1. The number of hydrogen-bond acceptors (Lipinski definition) is 4. The summed E-state index contributed by atoms with van der Waals surface area (Å²) in [5.41, 5.74) is 2.44. The molecule has 0 bridgehead atoms.